The van der Waals surface area contributed by atoms with Crippen LogP contribution in [0.1, 0.15) is 19.3 Å². The van der Waals surface area contributed by atoms with Gasteiger partial charge in [-0.05, 0) is 31.5 Å². The zero-order valence-corrected chi connectivity index (χ0v) is 19.0. The highest BCUT2D eigenvalue weighted by Crippen LogP contribution is 2.35. The largest absolute Gasteiger partial charge is 0.402 e. The molecule has 1 aromatic rings. The first-order chi connectivity index (χ1) is 16.3. The summed E-state index contributed by atoms with van der Waals surface area (Å²) in [6, 6.07) is 4.57. The Morgan fingerprint density at radius 1 is 1.18 bits per heavy atom. The summed E-state index contributed by atoms with van der Waals surface area (Å²) >= 11 is 0. The van der Waals surface area contributed by atoms with E-state index in [1.165, 1.54) is 0 Å². The number of rotatable bonds is 7. The second-order valence-corrected chi connectivity index (χ2v) is 8.87. The van der Waals surface area contributed by atoms with Gasteiger partial charge >= 0.3 is 6.18 Å². The minimum absolute atomic E-state index is 0.00855. The van der Waals surface area contributed by atoms with Crippen LogP contribution in [0.5, 0.6) is 0 Å². The van der Waals surface area contributed by atoms with Crippen LogP contribution < -0.4 is 15.8 Å². The predicted octanol–water partition coefficient (Wildman–Crippen LogP) is 0.783. The molecule has 3 aliphatic heterocycles. The highest BCUT2D eigenvalue weighted by molar-refractivity contribution is 5.80. The molecule has 1 aromatic heterocycles. The number of hydrogen-bond acceptors (Lipinski definition) is 7. The lowest BCUT2D eigenvalue weighted by atomic mass is 9.94. The number of hydrazine groups is 1. The van der Waals surface area contributed by atoms with Gasteiger partial charge < -0.3 is 14.5 Å². The molecule has 0 radical (unpaired) electrons. The molecule has 188 valence electrons. The highest BCUT2D eigenvalue weighted by Gasteiger charge is 2.54. The van der Waals surface area contributed by atoms with E-state index in [2.05, 4.69) is 20.7 Å². The quantitative estimate of drug-likeness (QED) is 0.553. The predicted molar refractivity (Wildman–Crippen MR) is 118 cm³/mol. The Morgan fingerprint density at radius 2 is 1.97 bits per heavy atom. The Balaban J connectivity index is 1.21. The summed E-state index contributed by atoms with van der Waals surface area (Å²) in [5.41, 5.74) is 4.68. The lowest BCUT2D eigenvalue weighted by molar-refractivity contribution is -0.201. The van der Waals surface area contributed by atoms with Crippen molar-refractivity contribution in [2.24, 2.45) is 5.92 Å². The van der Waals surface area contributed by atoms with Gasteiger partial charge in [0.2, 0.25) is 11.8 Å². The Labute approximate surface area is 196 Å². The number of nitrogens with zero attached hydrogens (tertiary/aromatic N) is 4. The smallest absolute Gasteiger partial charge is 0.379 e. The fraction of sp³-hybridized carbons (Fsp3) is 0.682. The molecule has 2 amide bonds. The molecule has 0 spiro atoms. The van der Waals surface area contributed by atoms with Gasteiger partial charge in [0.25, 0.3) is 0 Å². The minimum Gasteiger partial charge on any atom is -0.379 e. The van der Waals surface area contributed by atoms with Crippen molar-refractivity contribution in [3.63, 3.8) is 0 Å². The Hall–Kier alpha value is -2.44. The second-order valence-electron chi connectivity index (χ2n) is 8.87. The van der Waals surface area contributed by atoms with Gasteiger partial charge in [0.1, 0.15) is 5.82 Å². The molecular weight excluding hydrogens is 453 g/mol. The summed E-state index contributed by atoms with van der Waals surface area (Å²) in [7, 11) is 0. The molecule has 2 N–H and O–H groups in total. The number of carbonyl (C=O) groups excluding carboxylic acids is 2. The molecule has 9 nitrogen and oxygen atoms in total. The van der Waals surface area contributed by atoms with Crippen molar-refractivity contribution >= 4 is 17.6 Å². The molecule has 3 atom stereocenters. The Bertz CT molecular complexity index is 835. The summed E-state index contributed by atoms with van der Waals surface area (Å²) in [6.07, 6.45) is -1.19. The van der Waals surface area contributed by atoms with Gasteiger partial charge in [-0.15, -0.1) is 0 Å². The molecule has 0 aromatic carbocycles. The number of halogens is 3. The minimum atomic E-state index is -4.61. The number of nitrogens with one attached hydrogen (secondary N) is 2. The van der Waals surface area contributed by atoms with E-state index in [4.69, 9.17) is 4.74 Å². The lowest BCUT2D eigenvalue weighted by Gasteiger charge is -2.40. The monoisotopic (exact) mass is 484 g/mol. The number of piperazine rings is 1. The number of alkyl halides is 3. The molecule has 4 heterocycles. The molecule has 34 heavy (non-hydrogen) atoms. The topological polar surface area (TPSA) is 90.0 Å². The fourth-order valence-corrected chi connectivity index (χ4v) is 5.02. The Kier molecular flexibility index (Phi) is 7.89. The van der Waals surface area contributed by atoms with E-state index < -0.39 is 24.0 Å². The molecule has 3 fully saturated rings. The maximum atomic E-state index is 13.5. The van der Waals surface area contributed by atoms with Crippen molar-refractivity contribution in [2.45, 2.75) is 37.5 Å². The van der Waals surface area contributed by atoms with Crippen molar-refractivity contribution in [3.8, 4) is 0 Å². The van der Waals surface area contributed by atoms with Gasteiger partial charge in [0.15, 0.2) is 5.92 Å². The molecule has 12 heteroatoms. The molecule has 0 bridgehead atoms. The third kappa shape index (κ3) is 5.78. The highest BCUT2D eigenvalue weighted by atomic mass is 19.4. The van der Waals surface area contributed by atoms with Crippen molar-refractivity contribution in [1.82, 2.24) is 25.6 Å². The third-order valence-electron chi connectivity index (χ3n) is 6.77. The first-order valence-electron chi connectivity index (χ1n) is 11.7. The molecular formula is C22H31F3N6O3. The summed E-state index contributed by atoms with van der Waals surface area (Å²) in [5.74, 6) is -2.21. The van der Waals surface area contributed by atoms with Crippen LogP contribution in [-0.4, -0.2) is 97.3 Å². The summed E-state index contributed by atoms with van der Waals surface area (Å²) in [5, 5.41) is 0. The van der Waals surface area contributed by atoms with Gasteiger partial charge in [-0.1, -0.05) is 6.07 Å². The second kappa shape index (κ2) is 10.9. The summed E-state index contributed by atoms with van der Waals surface area (Å²) in [4.78, 5) is 34.5. The van der Waals surface area contributed by atoms with Gasteiger partial charge in [-0.2, -0.15) is 13.2 Å². The molecule has 0 saturated carbocycles. The van der Waals surface area contributed by atoms with E-state index in [9.17, 15) is 22.8 Å². The van der Waals surface area contributed by atoms with Crippen LogP contribution in [0, 0.1) is 5.92 Å². The average molecular weight is 485 g/mol. The number of carbonyl (C=O) groups is 2. The van der Waals surface area contributed by atoms with E-state index in [1.54, 1.807) is 11.1 Å². The van der Waals surface area contributed by atoms with Crippen LogP contribution in [0.3, 0.4) is 0 Å². The van der Waals surface area contributed by atoms with E-state index >= 15 is 0 Å². The van der Waals surface area contributed by atoms with E-state index in [1.807, 2.05) is 23.1 Å². The normalized spacial score (nSPS) is 26.6. The number of pyridine rings is 1. The first kappa shape index (κ1) is 24.7. The number of aromatic nitrogens is 1. The zero-order chi connectivity index (χ0) is 24.1. The number of likely N-dealkylation sites (tertiary alicyclic amines) is 1. The standard InChI is InChI=1S/C22H31F3N6O3/c23-22(24,25)20-17(14-27-28-21(20)33)31-8-3-4-16(31)15-34-13-6-19(32)30-11-9-29(10-12-30)18-5-1-2-7-26-18/h1-2,5,7,16-17,20,27H,3-4,6,8-15H2,(H,28,33)/t16-,17?,20?/m0/s1. The van der Waals surface area contributed by atoms with Crippen molar-refractivity contribution in [2.75, 3.05) is 57.4 Å². The summed E-state index contributed by atoms with van der Waals surface area (Å²) in [6.45, 7) is 3.62. The molecule has 3 aliphatic rings. The van der Waals surface area contributed by atoms with Crippen LogP contribution in [0.2, 0.25) is 0 Å². The third-order valence-corrected chi connectivity index (χ3v) is 6.77. The first-order valence-corrected chi connectivity index (χ1v) is 11.7. The number of ether oxygens (including phenoxy) is 1. The lowest BCUT2D eigenvalue weighted by Crippen LogP contribution is -2.65. The van der Waals surface area contributed by atoms with Crippen LogP contribution in [0.4, 0.5) is 19.0 Å². The van der Waals surface area contributed by atoms with Crippen molar-refractivity contribution < 1.29 is 27.5 Å². The fourth-order valence-electron chi connectivity index (χ4n) is 5.02. The van der Waals surface area contributed by atoms with E-state index in [-0.39, 0.29) is 38.1 Å². The Morgan fingerprint density at radius 3 is 2.68 bits per heavy atom. The van der Waals surface area contributed by atoms with Gasteiger partial charge in [0, 0.05) is 51.0 Å². The number of anilines is 1. The van der Waals surface area contributed by atoms with Crippen LogP contribution in [-0.2, 0) is 14.3 Å². The molecule has 4 rings (SSSR count). The SMILES string of the molecule is O=C1NNCC(N2CCC[C@H]2COCCC(=O)N2CCN(c3ccccn3)CC2)C1C(F)(F)F. The molecule has 3 saturated heterocycles. The van der Waals surface area contributed by atoms with Crippen LogP contribution in [0.15, 0.2) is 24.4 Å². The zero-order valence-electron chi connectivity index (χ0n) is 19.0. The average Bonchev–Trinajstić information content (AvgIpc) is 3.30. The molecule has 2 unspecified atom stereocenters. The maximum absolute atomic E-state index is 13.5. The number of amides is 2. The van der Waals surface area contributed by atoms with Gasteiger partial charge in [-0.3, -0.25) is 19.9 Å². The van der Waals surface area contributed by atoms with Crippen molar-refractivity contribution in [1.29, 1.82) is 0 Å². The van der Waals surface area contributed by atoms with E-state index in [0.717, 1.165) is 12.2 Å². The van der Waals surface area contributed by atoms with Crippen LogP contribution >= 0.6 is 0 Å². The molecule has 0 aliphatic carbocycles. The summed E-state index contributed by atoms with van der Waals surface area (Å²) < 4.78 is 46.3. The number of hydrogen-bond donors (Lipinski definition) is 2. The van der Waals surface area contributed by atoms with E-state index in [0.29, 0.717) is 39.1 Å². The van der Waals surface area contributed by atoms with Crippen LogP contribution in [0.25, 0.3) is 0 Å². The van der Waals surface area contributed by atoms with Gasteiger partial charge in [-0.25, -0.2) is 10.4 Å². The maximum Gasteiger partial charge on any atom is 0.402 e. The van der Waals surface area contributed by atoms with Crippen molar-refractivity contribution in [3.05, 3.63) is 24.4 Å². The van der Waals surface area contributed by atoms with Gasteiger partial charge in [0.05, 0.1) is 19.6 Å².